The number of carbonyl (C=O) groups excluding carboxylic acids is 3. The van der Waals surface area contributed by atoms with E-state index in [1.807, 2.05) is 0 Å². The number of benzene rings is 1. The van der Waals surface area contributed by atoms with Crippen LogP contribution in [0, 0.1) is 5.41 Å². The first-order chi connectivity index (χ1) is 18.9. The summed E-state index contributed by atoms with van der Waals surface area (Å²) in [5, 5.41) is 11.8. The minimum absolute atomic E-state index is 0.0625. The fraction of sp³-hybridized carbons (Fsp3) is 0.480. The van der Waals surface area contributed by atoms with Crippen molar-refractivity contribution in [2.75, 3.05) is 24.9 Å². The first-order valence-corrected chi connectivity index (χ1v) is 11.9. The average molecular weight is 540 g/mol. The van der Waals surface area contributed by atoms with E-state index in [9.17, 15) is 14.4 Å². The molecule has 0 spiro atoms. The highest BCUT2D eigenvalue weighted by molar-refractivity contribution is 6.30. The van der Waals surface area contributed by atoms with Crippen molar-refractivity contribution in [1.29, 1.82) is 0 Å². The Hall–Kier alpha value is -3.02. The topological polar surface area (TPSA) is 114 Å². The zero-order chi connectivity index (χ0) is 30.5. The van der Waals surface area contributed by atoms with Gasteiger partial charge in [0.2, 0.25) is 5.91 Å². The Morgan fingerprint density at radius 1 is 1.22 bits per heavy atom. The van der Waals surface area contributed by atoms with Crippen molar-refractivity contribution in [2.24, 2.45) is 5.41 Å². The number of ether oxygens (including phenoxy) is 1. The highest BCUT2D eigenvalue weighted by atomic mass is 35.5. The zero-order valence-corrected chi connectivity index (χ0v) is 21.0. The van der Waals surface area contributed by atoms with Crippen LogP contribution in [0.4, 0.5) is 14.6 Å². The Morgan fingerprint density at radius 2 is 1.84 bits per heavy atom. The van der Waals surface area contributed by atoms with E-state index < -0.39 is 48.1 Å². The Morgan fingerprint density at radius 3 is 2.41 bits per heavy atom. The van der Waals surface area contributed by atoms with Crippen molar-refractivity contribution < 1.29 is 33.4 Å². The molecule has 198 valence electrons. The van der Waals surface area contributed by atoms with Crippen LogP contribution in [-0.4, -0.2) is 64.4 Å². The number of imide groups is 1. The van der Waals surface area contributed by atoms with Gasteiger partial charge in [0, 0.05) is 13.7 Å². The number of aromatic nitrogens is 2. The lowest BCUT2D eigenvalue weighted by Gasteiger charge is -2.26. The largest absolute Gasteiger partial charge is 0.376 e. The van der Waals surface area contributed by atoms with Gasteiger partial charge < -0.3 is 15.4 Å². The highest BCUT2D eigenvalue weighted by Gasteiger charge is 2.42. The number of halogens is 3. The molecule has 1 saturated carbocycles. The van der Waals surface area contributed by atoms with E-state index >= 15 is 8.78 Å². The Kier molecular flexibility index (Phi) is 6.18. The van der Waals surface area contributed by atoms with Crippen molar-refractivity contribution >= 4 is 35.1 Å². The summed E-state index contributed by atoms with van der Waals surface area (Å²) in [6, 6.07) is 4.93. The number of nitrogens with one attached hydrogen (secondary N) is 2. The molecule has 0 bridgehead atoms. The van der Waals surface area contributed by atoms with E-state index in [0.29, 0.717) is 12.8 Å². The average Bonchev–Trinajstić information content (AvgIpc) is 3.67. The van der Waals surface area contributed by atoms with E-state index in [1.165, 1.54) is 30.3 Å². The Bertz CT molecular complexity index is 1350. The summed E-state index contributed by atoms with van der Waals surface area (Å²) in [6.07, 6.45) is 1.21. The molecule has 1 aliphatic carbocycles. The second kappa shape index (κ2) is 10.4. The van der Waals surface area contributed by atoms with E-state index in [-0.39, 0.29) is 45.3 Å². The maximum absolute atomic E-state index is 15.9. The lowest BCUT2D eigenvalue weighted by molar-refractivity contribution is -0.123. The van der Waals surface area contributed by atoms with Gasteiger partial charge in [-0.15, -0.1) is 10.2 Å². The van der Waals surface area contributed by atoms with Crippen molar-refractivity contribution in [3.8, 4) is 0 Å². The maximum Gasteiger partial charge on any atom is 0.278 e. The molecule has 12 heteroatoms. The molecule has 37 heavy (non-hydrogen) atoms. The van der Waals surface area contributed by atoms with Gasteiger partial charge in [0.15, 0.2) is 11.0 Å². The summed E-state index contributed by atoms with van der Waals surface area (Å²) in [4.78, 5) is 37.8. The van der Waals surface area contributed by atoms with Gasteiger partial charge in [-0.1, -0.05) is 44.5 Å². The molecule has 1 atom stereocenters. The SMILES string of the molecule is [2H]C([2H])(NC(COC1CC1)c1cc(NC(=O)C(C)(C)C)nnc1Cl)C(F)(F)C([2H])([2H])N1C(=O)c2ccccc2C1=O. The molecule has 2 heterocycles. The molecule has 1 unspecified atom stereocenters. The molecule has 9 nitrogen and oxygen atoms in total. The molecule has 2 aliphatic rings. The van der Waals surface area contributed by atoms with Crippen LogP contribution < -0.4 is 10.6 Å². The highest BCUT2D eigenvalue weighted by Crippen LogP contribution is 2.30. The van der Waals surface area contributed by atoms with Gasteiger partial charge in [-0.2, -0.15) is 0 Å². The number of nitrogens with zero attached hydrogens (tertiary/aromatic N) is 3. The molecule has 1 aliphatic heterocycles. The van der Waals surface area contributed by atoms with Gasteiger partial charge >= 0.3 is 0 Å². The number of amides is 3. The molecule has 1 aromatic heterocycles. The molecule has 2 aromatic rings. The molecule has 1 aromatic carbocycles. The third-order valence-corrected chi connectivity index (χ3v) is 5.84. The number of rotatable bonds is 10. The fourth-order valence-electron chi connectivity index (χ4n) is 3.31. The minimum Gasteiger partial charge on any atom is -0.376 e. The fourth-order valence-corrected chi connectivity index (χ4v) is 3.54. The van der Waals surface area contributed by atoms with Gasteiger partial charge in [0.25, 0.3) is 17.7 Å². The molecule has 4 rings (SSSR count). The van der Waals surface area contributed by atoms with Crippen LogP contribution in [0.3, 0.4) is 0 Å². The quantitative estimate of drug-likeness (QED) is 0.441. The van der Waals surface area contributed by atoms with Crippen LogP contribution in [0.25, 0.3) is 0 Å². The third-order valence-electron chi connectivity index (χ3n) is 5.55. The lowest BCUT2D eigenvalue weighted by atomic mass is 9.96. The molecule has 0 radical (unpaired) electrons. The third kappa shape index (κ3) is 6.46. The van der Waals surface area contributed by atoms with Crippen LogP contribution in [0.5, 0.6) is 0 Å². The molecule has 3 amide bonds. The number of anilines is 1. The molecular formula is C25H28ClF2N5O4. The smallest absolute Gasteiger partial charge is 0.278 e. The van der Waals surface area contributed by atoms with Crippen LogP contribution in [0.1, 0.15) is 71.4 Å². The summed E-state index contributed by atoms with van der Waals surface area (Å²) < 4.78 is 70.2. The molecule has 1 fully saturated rings. The normalized spacial score (nSPS) is 19.0. The molecule has 2 N–H and O–H groups in total. The van der Waals surface area contributed by atoms with Crippen molar-refractivity contribution in [3.05, 3.63) is 52.2 Å². The van der Waals surface area contributed by atoms with Crippen LogP contribution in [0.15, 0.2) is 30.3 Å². The minimum atomic E-state index is -5.00. The predicted octanol–water partition coefficient (Wildman–Crippen LogP) is 3.86. The standard InChI is InChI=1S/C25H28ClF2N5O4/c1-24(2,3)23(36)30-19-10-17(20(26)32-31-19)18(11-37-14-8-9-14)29-12-25(27,28)13-33-21(34)15-6-4-5-7-16(15)22(33)35/h4-7,10,14,18,29H,8-9,11-13H2,1-3H3,(H,30,31,36)/i12D2,13D2. The van der Waals surface area contributed by atoms with Crippen LogP contribution in [-0.2, 0) is 9.53 Å². The number of carbonyl (C=O) groups is 3. The second-order valence-electron chi connectivity index (χ2n) is 9.71. The van der Waals surface area contributed by atoms with E-state index in [4.69, 9.17) is 21.8 Å². The molecule has 0 saturated heterocycles. The first-order valence-electron chi connectivity index (χ1n) is 13.5. The Labute approximate surface area is 223 Å². The van der Waals surface area contributed by atoms with Crippen molar-refractivity contribution in [1.82, 2.24) is 20.4 Å². The van der Waals surface area contributed by atoms with E-state index in [0.717, 1.165) is 0 Å². The van der Waals surface area contributed by atoms with Gasteiger partial charge in [0.05, 0.1) is 45.6 Å². The summed E-state index contributed by atoms with van der Waals surface area (Å²) in [5.74, 6) is -8.16. The summed E-state index contributed by atoms with van der Waals surface area (Å²) in [6.45, 7) is -3.41. The van der Waals surface area contributed by atoms with Crippen LogP contribution >= 0.6 is 11.6 Å². The number of hydrogen-bond donors (Lipinski definition) is 2. The van der Waals surface area contributed by atoms with Crippen molar-refractivity contribution in [3.63, 3.8) is 0 Å². The summed E-state index contributed by atoms with van der Waals surface area (Å²) >= 11 is 6.21. The van der Waals surface area contributed by atoms with E-state index in [2.05, 4.69) is 20.8 Å². The first kappa shape index (κ1) is 22.0. The molecular weight excluding hydrogens is 508 g/mol. The second-order valence-corrected chi connectivity index (χ2v) is 10.1. The monoisotopic (exact) mass is 539 g/mol. The number of alkyl halides is 2. The summed E-state index contributed by atoms with van der Waals surface area (Å²) in [7, 11) is 0. The van der Waals surface area contributed by atoms with E-state index in [1.54, 1.807) is 20.8 Å². The Balaban J connectivity index is 1.66. The zero-order valence-electron chi connectivity index (χ0n) is 24.3. The number of fused-ring (bicyclic) bond motifs is 1. The predicted molar refractivity (Wildman–Crippen MR) is 132 cm³/mol. The summed E-state index contributed by atoms with van der Waals surface area (Å²) in [5.41, 5.74) is -1.43. The van der Waals surface area contributed by atoms with Gasteiger partial charge in [-0.3, -0.25) is 19.3 Å². The van der Waals surface area contributed by atoms with Gasteiger partial charge in [-0.25, -0.2) is 8.78 Å². The maximum atomic E-state index is 15.9. The van der Waals surface area contributed by atoms with Gasteiger partial charge in [0.1, 0.15) is 0 Å². The number of hydrogen-bond acceptors (Lipinski definition) is 7. The van der Waals surface area contributed by atoms with Crippen LogP contribution in [0.2, 0.25) is 5.15 Å². The lowest BCUT2D eigenvalue weighted by Crippen LogP contribution is -2.47. The van der Waals surface area contributed by atoms with Crippen molar-refractivity contribution in [2.45, 2.75) is 51.7 Å². The van der Waals surface area contributed by atoms with Gasteiger partial charge in [-0.05, 0) is 31.0 Å².